The first-order valence-corrected chi connectivity index (χ1v) is 6.12. The van der Waals surface area contributed by atoms with E-state index < -0.39 is 6.10 Å². The number of aliphatic hydroxyl groups excluding tert-OH is 1. The molecule has 2 atom stereocenters. The molecule has 0 amide bonds. The fourth-order valence-corrected chi connectivity index (χ4v) is 2.21. The SMILES string of the molecule is COC1CCCN(c2cc(C(C)O)ccn2)C1. The summed E-state index contributed by atoms with van der Waals surface area (Å²) in [5.74, 6) is 0.935. The molecule has 1 aliphatic rings. The number of rotatable bonds is 3. The van der Waals surface area contributed by atoms with Gasteiger partial charge >= 0.3 is 0 Å². The summed E-state index contributed by atoms with van der Waals surface area (Å²) in [4.78, 5) is 6.60. The Kier molecular flexibility index (Phi) is 3.97. The molecule has 2 rings (SSSR count). The average Bonchev–Trinajstić information content (AvgIpc) is 2.39. The van der Waals surface area contributed by atoms with Gasteiger partial charge in [0.05, 0.1) is 12.2 Å². The van der Waals surface area contributed by atoms with Crippen molar-refractivity contribution >= 4 is 5.82 Å². The van der Waals surface area contributed by atoms with Crippen LogP contribution in [0.4, 0.5) is 5.82 Å². The minimum absolute atomic E-state index is 0.292. The van der Waals surface area contributed by atoms with E-state index in [4.69, 9.17) is 4.74 Å². The third kappa shape index (κ3) is 2.96. The lowest BCUT2D eigenvalue weighted by atomic mass is 10.1. The maximum Gasteiger partial charge on any atom is 0.128 e. The van der Waals surface area contributed by atoms with Crippen LogP contribution in [0.15, 0.2) is 18.3 Å². The molecule has 0 aromatic carbocycles. The Hall–Kier alpha value is -1.13. The Bertz CT molecular complexity index is 368. The van der Waals surface area contributed by atoms with Gasteiger partial charge in [-0.2, -0.15) is 0 Å². The summed E-state index contributed by atoms with van der Waals surface area (Å²) in [6, 6.07) is 3.81. The summed E-state index contributed by atoms with van der Waals surface area (Å²) in [5.41, 5.74) is 0.912. The number of piperidine rings is 1. The van der Waals surface area contributed by atoms with Gasteiger partial charge in [0.15, 0.2) is 0 Å². The Balaban J connectivity index is 2.13. The van der Waals surface area contributed by atoms with Crippen LogP contribution in [0.1, 0.15) is 31.4 Å². The van der Waals surface area contributed by atoms with E-state index in [1.165, 1.54) is 0 Å². The van der Waals surface area contributed by atoms with E-state index >= 15 is 0 Å². The normalized spacial score (nSPS) is 22.5. The molecule has 2 heterocycles. The molecule has 1 aromatic heterocycles. The third-order valence-electron chi connectivity index (χ3n) is 3.29. The van der Waals surface area contributed by atoms with Gasteiger partial charge in [-0.05, 0) is 37.5 Å². The van der Waals surface area contributed by atoms with Crippen molar-refractivity contribution in [2.45, 2.75) is 32.0 Å². The molecule has 4 heteroatoms. The van der Waals surface area contributed by atoms with Crippen LogP contribution in [-0.4, -0.2) is 36.4 Å². The molecule has 0 spiro atoms. The van der Waals surface area contributed by atoms with Crippen LogP contribution in [0.5, 0.6) is 0 Å². The van der Waals surface area contributed by atoms with E-state index in [1.807, 2.05) is 12.1 Å². The Morgan fingerprint density at radius 3 is 3.12 bits per heavy atom. The first kappa shape index (κ1) is 12.3. The zero-order valence-electron chi connectivity index (χ0n) is 10.5. The molecule has 0 bridgehead atoms. The molecule has 1 saturated heterocycles. The summed E-state index contributed by atoms with van der Waals surface area (Å²) in [6.45, 7) is 3.66. The second kappa shape index (κ2) is 5.47. The van der Waals surface area contributed by atoms with Crippen molar-refractivity contribution in [3.05, 3.63) is 23.9 Å². The molecule has 17 heavy (non-hydrogen) atoms. The van der Waals surface area contributed by atoms with Crippen LogP contribution in [0.2, 0.25) is 0 Å². The number of aromatic nitrogens is 1. The monoisotopic (exact) mass is 236 g/mol. The topological polar surface area (TPSA) is 45.6 Å². The highest BCUT2D eigenvalue weighted by molar-refractivity contribution is 5.42. The molecule has 0 saturated carbocycles. The highest BCUT2D eigenvalue weighted by Crippen LogP contribution is 2.22. The minimum Gasteiger partial charge on any atom is -0.389 e. The number of nitrogens with zero attached hydrogens (tertiary/aromatic N) is 2. The number of ether oxygens (including phenoxy) is 1. The number of hydrogen-bond donors (Lipinski definition) is 1. The van der Waals surface area contributed by atoms with E-state index in [0.717, 1.165) is 37.3 Å². The summed E-state index contributed by atoms with van der Waals surface area (Å²) in [6.07, 6.45) is 3.84. The lowest BCUT2D eigenvalue weighted by Crippen LogP contribution is -2.39. The molecule has 1 fully saturated rings. The van der Waals surface area contributed by atoms with E-state index in [0.29, 0.717) is 6.10 Å². The predicted molar refractivity (Wildman–Crippen MR) is 67.1 cm³/mol. The molecular formula is C13H20N2O2. The maximum absolute atomic E-state index is 9.57. The number of hydrogen-bond acceptors (Lipinski definition) is 4. The van der Waals surface area contributed by atoms with Gasteiger partial charge in [0.1, 0.15) is 5.82 Å². The lowest BCUT2D eigenvalue weighted by molar-refractivity contribution is 0.0891. The van der Waals surface area contributed by atoms with E-state index in [-0.39, 0.29) is 0 Å². The molecule has 1 aliphatic heterocycles. The van der Waals surface area contributed by atoms with Crippen LogP contribution in [0.25, 0.3) is 0 Å². The van der Waals surface area contributed by atoms with Crippen LogP contribution >= 0.6 is 0 Å². The lowest BCUT2D eigenvalue weighted by Gasteiger charge is -2.33. The smallest absolute Gasteiger partial charge is 0.128 e. The van der Waals surface area contributed by atoms with Crippen molar-refractivity contribution in [3.8, 4) is 0 Å². The van der Waals surface area contributed by atoms with Crippen molar-refractivity contribution in [2.75, 3.05) is 25.1 Å². The molecule has 1 N–H and O–H groups in total. The molecule has 4 nitrogen and oxygen atoms in total. The molecule has 0 radical (unpaired) electrons. The van der Waals surface area contributed by atoms with Gasteiger partial charge in [-0.25, -0.2) is 4.98 Å². The second-order valence-corrected chi connectivity index (χ2v) is 4.57. The van der Waals surface area contributed by atoms with E-state index in [9.17, 15) is 5.11 Å². The maximum atomic E-state index is 9.57. The zero-order chi connectivity index (χ0) is 12.3. The number of aliphatic hydroxyl groups is 1. The van der Waals surface area contributed by atoms with Gasteiger partial charge < -0.3 is 14.7 Å². The fraction of sp³-hybridized carbons (Fsp3) is 0.615. The summed E-state index contributed by atoms with van der Waals surface area (Å²) in [7, 11) is 1.76. The molecule has 94 valence electrons. The quantitative estimate of drug-likeness (QED) is 0.868. The highest BCUT2D eigenvalue weighted by atomic mass is 16.5. The van der Waals surface area contributed by atoms with Crippen LogP contribution in [0.3, 0.4) is 0 Å². The van der Waals surface area contributed by atoms with Crippen LogP contribution in [-0.2, 0) is 4.74 Å². The summed E-state index contributed by atoms with van der Waals surface area (Å²) < 4.78 is 5.40. The van der Waals surface area contributed by atoms with Crippen molar-refractivity contribution in [1.82, 2.24) is 4.98 Å². The number of methoxy groups -OCH3 is 1. The summed E-state index contributed by atoms with van der Waals surface area (Å²) >= 11 is 0. The second-order valence-electron chi connectivity index (χ2n) is 4.57. The van der Waals surface area contributed by atoms with Crippen molar-refractivity contribution in [2.24, 2.45) is 0 Å². The standard InChI is InChI=1S/C13H20N2O2/c1-10(16)11-5-6-14-13(8-11)15-7-3-4-12(9-15)17-2/h5-6,8,10,12,16H,3-4,7,9H2,1-2H3. The molecule has 1 aromatic rings. The summed E-state index contributed by atoms with van der Waals surface area (Å²) in [5, 5.41) is 9.57. The highest BCUT2D eigenvalue weighted by Gasteiger charge is 2.20. The van der Waals surface area contributed by atoms with Crippen molar-refractivity contribution < 1.29 is 9.84 Å². The van der Waals surface area contributed by atoms with Crippen LogP contribution in [0, 0.1) is 0 Å². The van der Waals surface area contributed by atoms with Gasteiger partial charge in [-0.3, -0.25) is 0 Å². The molecule has 2 unspecified atom stereocenters. The van der Waals surface area contributed by atoms with Gasteiger partial charge in [-0.15, -0.1) is 0 Å². The van der Waals surface area contributed by atoms with Gasteiger partial charge in [0.25, 0.3) is 0 Å². The first-order chi connectivity index (χ1) is 8.20. The van der Waals surface area contributed by atoms with Crippen molar-refractivity contribution in [1.29, 1.82) is 0 Å². The van der Waals surface area contributed by atoms with E-state index in [1.54, 1.807) is 20.2 Å². The first-order valence-electron chi connectivity index (χ1n) is 6.12. The average molecular weight is 236 g/mol. The Labute approximate surface area is 102 Å². The Morgan fingerprint density at radius 1 is 1.59 bits per heavy atom. The number of anilines is 1. The molecular weight excluding hydrogens is 216 g/mol. The van der Waals surface area contributed by atoms with Crippen molar-refractivity contribution in [3.63, 3.8) is 0 Å². The zero-order valence-corrected chi connectivity index (χ0v) is 10.5. The van der Waals surface area contributed by atoms with Gasteiger partial charge in [-0.1, -0.05) is 0 Å². The largest absolute Gasteiger partial charge is 0.389 e. The number of pyridine rings is 1. The van der Waals surface area contributed by atoms with Gasteiger partial charge in [0, 0.05) is 26.4 Å². The van der Waals surface area contributed by atoms with Gasteiger partial charge in [0.2, 0.25) is 0 Å². The Morgan fingerprint density at radius 2 is 2.41 bits per heavy atom. The van der Waals surface area contributed by atoms with E-state index in [2.05, 4.69) is 9.88 Å². The minimum atomic E-state index is -0.445. The van der Waals surface area contributed by atoms with Crippen LogP contribution < -0.4 is 4.90 Å². The fourth-order valence-electron chi connectivity index (χ4n) is 2.21. The molecule has 0 aliphatic carbocycles. The third-order valence-corrected chi connectivity index (χ3v) is 3.29. The predicted octanol–water partition coefficient (Wildman–Crippen LogP) is 1.75.